The molecule has 0 spiro atoms. The first kappa shape index (κ1) is 18.1. The van der Waals surface area contributed by atoms with Gasteiger partial charge < -0.3 is 24.2 Å². The minimum atomic E-state index is -0.318. The molecule has 0 aliphatic carbocycles. The van der Waals surface area contributed by atoms with E-state index in [-0.39, 0.29) is 11.6 Å². The molecule has 1 aliphatic heterocycles. The number of carbonyl (C=O) groups excluding carboxylic acids is 1. The molecule has 144 valence electrons. The number of amides is 1. The highest BCUT2D eigenvalue weighted by molar-refractivity contribution is 6.03. The molecule has 7 heteroatoms. The predicted octanol–water partition coefficient (Wildman–Crippen LogP) is 3.34. The standard InChI is InChI=1S/C21H21N3O4/c25-21(19-14-20(28-23-19)24-10-12-26-13-11-24)22-17-6-8-18(9-7-17)27-15-16-4-2-1-3-5-16/h1-9,14H,10-13,15H2,(H,22,25). The Morgan fingerprint density at radius 3 is 2.57 bits per heavy atom. The molecule has 7 nitrogen and oxygen atoms in total. The number of hydrogen-bond acceptors (Lipinski definition) is 6. The van der Waals surface area contributed by atoms with Crippen LogP contribution >= 0.6 is 0 Å². The number of benzene rings is 2. The summed E-state index contributed by atoms with van der Waals surface area (Å²) in [7, 11) is 0. The van der Waals surface area contributed by atoms with Crippen LogP contribution in [0.2, 0.25) is 0 Å². The molecule has 4 rings (SSSR count). The van der Waals surface area contributed by atoms with Crippen molar-refractivity contribution >= 4 is 17.5 Å². The number of hydrogen-bond donors (Lipinski definition) is 1. The average molecular weight is 379 g/mol. The van der Waals surface area contributed by atoms with Gasteiger partial charge in [-0.25, -0.2) is 0 Å². The topological polar surface area (TPSA) is 76.8 Å². The Hall–Kier alpha value is -3.32. The Morgan fingerprint density at radius 2 is 1.82 bits per heavy atom. The van der Waals surface area contributed by atoms with Gasteiger partial charge in [-0.3, -0.25) is 4.79 Å². The van der Waals surface area contributed by atoms with Gasteiger partial charge in [0.2, 0.25) is 5.88 Å². The van der Waals surface area contributed by atoms with Gasteiger partial charge in [-0.05, 0) is 29.8 Å². The second-order valence-corrected chi connectivity index (χ2v) is 6.40. The third kappa shape index (κ3) is 4.50. The zero-order valence-electron chi connectivity index (χ0n) is 15.3. The van der Waals surface area contributed by atoms with E-state index in [0.717, 1.165) is 24.4 Å². The minimum absolute atomic E-state index is 0.242. The molecule has 0 bridgehead atoms. The highest BCUT2D eigenvalue weighted by Gasteiger charge is 2.19. The number of nitrogens with zero attached hydrogens (tertiary/aromatic N) is 2. The third-order valence-corrected chi connectivity index (χ3v) is 4.41. The summed E-state index contributed by atoms with van der Waals surface area (Å²) >= 11 is 0. The number of anilines is 2. The highest BCUT2D eigenvalue weighted by Crippen LogP contribution is 2.20. The van der Waals surface area contributed by atoms with Crippen LogP contribution in [0.1, 0.15) is 16.1 Å². The average Bonchev–Trinajstić information content (AvgIpc) is 3.25. The Morgan fingerprint density at radius 1 is 1.07 bits per heavy atom. The molecule has 1 aromatic heterocycles. The summed E-state index contributed by atoms with van der Waals surface area (Å²) in [5.74, 6) is 0.997. The van der Waals surface area contributed by atoms with Crippen molar-refractivity contribution in [1.82, 2.24) is 5.16 Å². The lowest BCUT2D eigenvalue weighted by Crippen LogP contribution is -2.35. The number of carbonyl (C=O) groups is 1. The molecule has 2 heterocycles. The summed E-state index contributed by atoms with van der Waals surface area (Å²) in [6.07, 6.45) is 0. The Balaban J connectivity index is 1.32. The van der Waals surface area contributed by atoms with Gasteiger partial charge in [0, 0.05) is 24.8 Å². The largest absolute Gasteiger partial charge is 0.489 e. The molecule has 3 aromatic rings. The molecule has 1 saturated heterocycles. The van der Waals surface area contributed by atoms with E-state index in [4.69, 9.17) is 14.0 Å². The normalized spacial score (nSPS) is 13.9. The van der Waals surface area contributed by atoms with Gasteiger partial charge in [-0.1, -0.05) is 35.5 Å². The lowest BCUT2D eigenvalue weighted by Gasteiger charge is -2.25. The third-order valence-electron chi connectivity index (χ3n) is 4.41. The maximum absolute atomic E-state index is 12.4. The number of morpholine rings is 1. The summed E-state index contributed by atoms with van der Waals surface area (Å²) in [4.78, 5) is 14.4. The zero-order chi connectivity index (χ0) is 19.2. The van der Waals surface area contributed by atoms with Crippen molar-refractivity contribution in [2.75, 3.05) is 36.5 Å². The van der Waals surface area contributed by atoms with E-state index in [1.165, 1.54) is 0 Å². The molecule has 1 aliphatic rings. The van der Waals surface area contributed by atoms with Gasteiger partial charge >= 0.3 is 0 Å². The van der Waals surface area contributed by atoms with Crippen molar-refractivity contribution in [3.63, 3.8) is 0 Å². The molecule has 1 fully saturated rings. The van der Waals surface area contributed by atoms with Gasteiger partial charge in [0.1, 0.15) is 12.4 Å². The summed E-state index contributed by atoms with van der Waals surface area (Å²) < 4.78 is 16.4. The van der Waals surface area contributed by atoms with E-state index in [0.29, 0.717) is 31.4 Å². The van der Waals surface area contributed by atoms with Crippen molar-refractivity contribution in [1.29, 1.82) is 0 Å². The fourth-order valence-electron chi connectivity index (χ4n) is 2.88. The van der Waals surface area contributed by atoms with Crippen LogP contribution in [0.4, 0.5) is 11.6 Å². The van der Waals surface area contributed by atoms with Crippen LogP contribution in [0, 0.1) is 0 Å². The van der Waals surface area contributed by atoms with Crippen LogP contribution in [-0.2, 0) is 11.3 Å². The number of nitrogens with one attached hydrogen (secondary N) is 1. The predicted molar refractivity (Wildman–Crippen MR) is 105 cm³/mol. The van der Waals surface area contributed by atoms with Crippen molar-refractivity contribution in [3.8, 4) is 5.75 Å². The molecule has 0 radical (unpaired) electrons. The first-order chi connectivity index (χ1) is 13.8. The molecular formula is C21H21N3O4. The van der Waals surface area contributed by atoms with Crippen LogP contribution in [0.3, 0.4) is 0 Å². The molecule has 0 atom stereocenters. The lowest BCUT2D eigenvalue weighted by molar-refractivity contribution is 0.101. The first-order valence-corrected chi connectivity index (χ1v) is 9.15. The van der Waals surface area contributed by atoms with Crippen LogP contribution in [0.25, 0.3) is 0 Å². The van der Waals surface area contributed by atoms with Crippen molar-refractivity contribution in [2.24, 2.45) is 0 Å². The number of aromatic nitrogens is 1. The van der Waals surface area contributed by atoms with Crippen molar-refractivity contribution < 1.29 is 18.8 Å². The number of rotatable bonds is 6. The summed E-state index contributed by atoms with van der Waals surface area (Å²) in [5.41, 5.74) is 2.00. The molecule has 0 unspecified atom stereocenters. The van der Waals surface area contributed by atoms with E-state index in [1.54, 1.807) is 18.2 Å². The Labute approximate surface area is 162 Å². The molecule has 28 heavy (non-hydrogen) atoms. The molecule has 2 aromatic carbocycles. The minimum Gasteiger partial charge on any atom is -0.489 e. The van der Waals surface area contributed by atoms with Crippen LogP contribution in [0.5, 0.6) is 5.75 Å². The van der Waals surface area contributed by atoms with Gasteiger partial charge in [0.05, 0.1) is 13.2 Å². The van der Waals surface area contributed by atoms with Gasteiger partial charge in [0.15, 0.2) is 5.69 Å². The van der Waals surface area contributed by atoms with Crippen LogP contribution in [0.15, 0.2) is 65.2 Å². The molecular weight excluding hydrogens is 358 g/mol. The van der Waals surface area contributed by atoms with Crippen molar-refractivity contribution in [3.05, 3.63) is 71.9 Å². The van der Waals surface area contributed by atoms with Gasteiger partial charge in [0.25, 0.3) is 5.91 Å². The van der Waals surface area contributed by atoms with E-state index in [9.17, 15) is 4.79 Å². The van der Waals surface area contributed by atoms with Crippen LogP contribution in [-0.4, -0.2) is 37.4 Å². The second-order valence-electron chi connectivity index (χ2n) is 6.40. The summed E-state index contributed by atoms with van der Waals surface area (Å²) in [6.45, 7) is 3.22. The molecule has 1 N–H and O–H groups in total. The second kappa shape index (κ2) is 8.58. The fourth-order valence-corrected chi connectivity index (χ4v) is 2.88. The Bertz CT molecular complexity index is 903. The maximum Gasteiger partial charge on any atom is 0.277 e. The highest BCUT2D eigenvalue weighted by atomic mass is 16.5. The summed E-state index contributed by atoms with van der Waals surface area (Å²) in [5, 5.41) is 6.69. The van der Waals surface area contributed by atoms with E-state index < -0.39 is 0 Å². The monoisotopic (exact) mass is 379 g/mol. The smallest absolute Gasteiger partial charge is 0.277 e. The number of ether oxygens (including phenoxy) is 2. The lowest BCUT2D eigenvalue weighted by atomic mass is 10.2. The first-order valence-electron chi connectivity index (χ1n) is 9.15. The zero-order valence-corrected chi connectivity index (χ0v) is 15.3. The Kier molecular flexibility index (Phi) is 5.53. The van der Waals surface area contributed by atoms with E-state index in [1.807, 2.05) is 47.4 Å². The summed E-state index contributed by atoms with van der Waals surface area (Å²) in [6, 6.07) is 18.8. The molecule has 0 saturated carbocycles. The fraction of sp³-hybridized carbons (Fsp3) is 0.238. The van der Waals surface area contributed by atoms with Gasteiger partial charge in [-0.2, -0.15) is 0 Å². The molecule has 1 amide bonds. The van der Waals surface area contributed by atoms with E-state index >= 15 is 0 Å². The van der Waals surface area contributed by atoms with Crippen molar-refractivity contribution in [2.45, 2.75) is 6.61 Å². The maximum atomic E-state index is 12.4. The van der Waals surface area contributed by atoms with E-state index in [2.05, 4.69) is 10.5 Å². The SMILES string of the molecule is O=C(Nc1ccc(OCc2ccccc2)cc1)c1cc(N2CCOCC2)on1. The van der Waals surface area contributed by atoms with Gasteiger partial charge in [-0.15, -0.1) is 0 Å². The van der Waals surface area contributed by atoms with Crippen LogP contribution < -0.4 is 15.0 Å². The quantitative estimate of drug-likeness (QED) is 0.708.